The van der Waals surface area contributed by atoms with E-state index >= 15 is 0 Å². The number of unbranched alkanes of at least 4 members (excludes halogenated alkanes) is 1. The van der Waals surface area contributed by atoms with Crippen LogP contribution in [0.5, 0.6) is 0 Å². The zero-order valence-corrected chi connectivity index (χ0v) is 13.5. The quantitative estimate of drug-likeness (QED) is 0.469. The number of nitrogens with zero attached hydrogens (tertiary/aromatic N) is 3. The van der Waals surface area contributed by atoms with E-state index in [1.165, 1.54) is 11.8 Å². The van der Waals surface area contributed by atoms with Crippen LogP contribution >= 0.6 is 27.7 Å². The number of thioether (sulfide) groups is 1. The Labute approximate surface area is 129 Å². The molecule has 6 heteroatoms. The second-order valence-electron chi connectivity index (χ2n) is 4.22. The normalized spacial score (nSPS) is 10.7. The summed E-state index contributed by atoms with van der Waals surface area (Å²) in [5, 5.41) is 9.90. The molecule has 0 bridgehead atoms. The number of fused-ring (bicyclic) bond motifs is 1. The van der Waals surface area contributed by atoms with Gasteiger partial charge < -0.3 is 0 Å². The van der Waals surface area contributed by atoms with Crippen LogP contribution in [0.1, 0.15) is 19.8 Å². The number of benzene rings is 1. The largest absolute Gasteiger partial charge is 0.287 e. The summed E-state index contributed by atoms with van der Waals surface area (Å²) < 4.78 is 2.56. The molecule has 4 nitrogen and oxygen atoms in total. The van der Waals surface area contributed by atoms with Crippen molar-refractivity contribution in [3.63, 3.8) is 0 Å². The van der Waals surface area contributed by atoms with Crippen molar-refractivity contribution in [1.29, 1.82) is 5.26 Å². The topological polar surface area (TPSA) is 58.7 Å². The van der Waals surface area contributed by atoms with Gasteiger partial charge in [-0.15, -0.1) is 0 Å². The first kappa shape index (κ1) is 15.1. The predicted molar refractivity (Wildman–Crippen MR) is 84.9 cm³/mol. The number of hydrogen-bond acceptors (Lipinski definition) is 4. The van der Waals surface area contributed by atoms with Crippen LogP contribution in [0.3, 0.4) is 0 Å². The van der Waals surface area contributed by atoms with E-state index in [0.29, 0.717) is 23.9 Å². The number of hydrogen-bond donors (Lipinski definition) is 0. The molecule has 0 atom stereocenters. The van der Waals surface area contributed by atoms with Crippen molar-refractivity contribution in [2.75, 3.05) is 5.75 Å². The van der Waals surface area contributed by atoms with Gasteiger partial charge in [0.05, 0.1) is 17.0 Å². The molecule has 1 aromatic heterocycles. The maximum Gasteiger partial charge on any atom is 0.262 e. The van der Waals surface area contributed by atoms with Crippen LogP contribution in [0.15, 0.2) is 32.6 Å². The van der Waals surface area contributed by atoms with Gasteiger partial charge in [0.15, 0.2) is 5.16 Å². The minimum absolute atomic E-state index is 0.0124. The molecule has 104 valence electrons. The van der Waals surface area contributed by atoms with Gasteiger partial charge in [-0.2, -0.15) is 5.26 Å². The summed E-state index contributed by atoms with van der Waals surface area (Å²) in [6, 6.07) is 7.66. The third-order valence-electron chi connectivity index (χ3n) is 2.86. The summed E-state index contributed by atoms with van der Waals surface area (Å²) in [4.78, 5) is 17.0. The first-order chi connectivity index (χ1) is 9.67. The minimum Gasteiger partial charge on any atom is -0.287 e. The lowest BCUT2D eigenvalue weighted by atomic mass is 10.2. The highest BCUT2D eigenvalue weighted by atomic mass is 79.9. The second kappa shape index (κ2) is 6.91. The lowest BCUT2D eigenvalue weighted by Crippen LogP contribution is -2.22. The maximum atomic E-state index is 12.5. The van der Waals surface area contributed by atoms with Crippen molar-refractivity contribution >= 4 is 38.6 Å². The van der Waals surface area contributed by atoms with Gasteiger partial charge in [-0.1, -0.05) is 27.7 Å². The van der Waals surface area contributed by atoms with Gasteiger partial charge in [-0.3, -0.25) is 9.36 Å². The molecule has 0 unspecified atom stereocenters. The molecule has 2 aromatic rings. The molecule has 0 aliphatic heterocycles. The molecular weight excluding hydrogens is 338 g/mol. The summed E-state index contributed by atoms with van der Waals surface area (Å²) in [5.74, 6) is 0.794. The Morgan fingerprint density at radius 1 is 1.50 bits per heavy atom. The molecule has 0 aliphatic rings. The van der Waals surface area contributed by atoms with Gasteiger partial charge in [0.25, 0.3) is 5.56 Å². The fourth-order valence-electron chi connectivity index (χ4n) is 1.88. The molecule has 0 saturated carbocycles. The number of aromatic nitrogens is 2. The van der Waals surface area contributed by atoms with Gasteiger partial charge in [0.1, 0.15) is 0 Å². The first-order valence-corrected chi connectivity index (χ1v) is 8.15. The number of halogens is 1. The van der Waals surface area contributed by atoms with Crippen LogP contribution in [0, 0.1) is 11.3 Å². The van der Waals surface area contributed by atoms with Crippen LogP contribution < -0.4 is 5.56 Å². The first-order valence-electron chi connectivity index (χ1n) is 6.37. The Kier molecular flexibility index (Phi) is 5.21. The van der Waals surface area contributed by atoms with E-state index in [4.69, 9.17) is 5.26 Å². The van der Waals surface area contributed by atoms with Crippen molar-refractivity contribution in [2.45, 2.75) is 31.5 Å². The van der Waals surface area contributed by atoms with E-state index < -0.39 is 0 Å². The van der Waals surface area contributed by atoms with Gasteiger partial charge in [-0.05, 0) is 31.5 Å². The maximum absolute atomic E-state index is 12.5. The van der Waals surface area contributed by atoms with Crippen LogP contribution in [0.2, 0.25) is 0 Å². The Balaban J connectivity index is 2.42. The van der Waals surface area contributed by atoms with Crippen LogP contribution in [0.4, 0.5) is 0 Å². The molecule has 0 saturated heterocycles. The molecule has 0 fully saturated rings. The highest BCUT2D eigenvalue weighted by Crippen LogP contribution is 2.21. The van der Waals surface area contributed by atoms with E-state index in [9.17, 15) is 4.79 Å². The molecular formula is C14H14BrN3OS. The second-order valence-corrected chi connectivity index (χ2v) is 6.19. The Morgan fingerprint density at radius 3 is 3.00 bits per heavy atom. The molecule has 0 radical (unpaired) electrons. The summed E-state index contributed by atoms with van der Waals surface area (Å²) in [5.41, 5.74) is 0.701. The molecule has 1 aromatic carbocycles. The number of rotatable bonds is 5. The zero-order valence-electron chi connectivity index (χ0n) is 11.1. The molecule has 1 heterocycles. The van der Waals surface area contributed by atoms with E-state index in [0.717, 1.165) is 21.8 Å². The molecule has 2 rings (SSSR count). The molecule has 0 N–H and O–H groups in total. The Bertz CT molecular complexity index is 721. The van der Waals surface area contributed by atoms with Crippen LogP contribution in [-0.4, -0.2) is 15.3 Å². The van der Waals surface area contributed by atoms with Crippen molar-refractivity contribution < 1.29 is 0 Å². The van der Waals surface area contributed by atoms with E-state index in [1.807, 2.05) is 19.1 Å². The minimum atomic E-state index is -0.0124. The average Bonchev–Trinajstić information content (AvgIpc) is 2.45. The lowest BCUT2D eigenvalue weighted by Gasteiger charge is -2.10. The standard InChI is InChI=1S/C14H14BrN3OS/c1-2-18-13(19)11-9-10(15)5-6-12(11)17-14(18)20-8-4-3-7-16/h5-6,9H,2-4,8H2,1H3. The molecule has 0 aliphatic carbocycles. The van der Waals surface area contributed by atoms with Crippen LogP contribution in [-0.2, 0) is 6.54 Å². The fourth-order valence-corrected chi connectivity index (χ4v) is 3.24. The van der Waals surface area contributed by atoms with Gasteiger partial charge in [-0.25, -0.2) is 4.98 Å². The van der Waals surface area contributed by atoms with Crippen molar-refractivity contribution in [1.82, 2.24) is 9.55 Å². The third kappa shape index (κ3) is 3.22. The van der Waals surface area contributed by atoms with Gasteiger partial charge in [0.2, 0.25) is 0 Å². The summed E-state index contributed by atoms with van der Waals surface area (Å²) in [6.07, 6.45) is 1.34. The lowest BCUT2D eigenvalue weighted by molar-refractivity contribution is 0.634. The molecule has 0 amide bonds. The monoisotopic (exact) mass is 351 g/mol. The average molecular weight is 352 g/mol. The Hall–Kier alpha value is -1.32. The third-order valence-corrected chi connectivity index (χ3v) is 4.42. The molecule has 0 spiro atoms. The SMILES string of the molecule is CCn1c(SCCCC#N)nc2ccc(Br)cc2c1=O. The number of nitriles is 1. The van der Waals surface area contributed by atoms with Gasteiger partial charge >= 0.3 is 0 Å². The fraction of sp³-hybridized carbons (Fsp3) is 0.357. The Morgan fingerprint density at radius 2 is 2.30 bits per heavy atom. The van der Waals surface area contributed by atoms with Crippen molar-refractivity contribution in [3.8, 4) is 6.07 Å². The van der Waals surface area contributed by atoms with E-state index in [2.05, 4.69) is 27.0 Å². The highest BCUT2D eigenvalue weighted by Gasteiger charge is 2.10. The molecule has 20 heavy (non-hydrogen) atoms. The van der Waals surface area contributed by atoms with Crippen molar-refractivity contribution in [2.24, 2.45) is 0 Å². The summed E-state index contributed by atoms with van der Waals surface area (Å²) in [7, 11) is 0. The summed E-state index contributed by atoms with van der Waals surface area (Å²) >= 11 is 4.91. The predicted octanol–water partition coefficient (Wildman–Crippen LogP) is 3.57. The summed E-state index contributed by atoms with van der Waals surface area (Å²) in [6.45, 7) is 2.53. The van der Waals surface area contributed by atoms with E-state index in [1.54, 1.807) is 10.6 Å². The highest BCUT2D eigenvalue weighted by molar-refractivity contribution is 9.10. The smallest absolute Gasteiger partial charge is 0.262 e. The van der Waals surface area contributed by atoms with Crippen LogP contribution in [0.25, 0.3) is 10.9 Å². The van der Waals surface area contributed by atoms with Gasteiger partial charge in [0, 0.05) is 23.2 Å². The van der Waals surface area contributed by atoms with E-state index in [-0.39, 0.29) is 5.56 Å². The van der Waals surface area contributed by atoms with Crippen molar-refractivity contribution in [3.05, 3.63) is 33.0 Å². The zero-order chi connectivity index (χ0) is 14.5.